The van der Waals surface area contributed by atoms with Crippen molar-refractivity contribution < 1.29 is 9.66 Å². The highest BCUT2D eigenvalue weighted by molar-refractivity contribution is 5.59. The number of ether oxygens (including phenoxy) is 1. The molecule has 0 N–H and O–H groups in total. The quantitative estimate of drug-likeness (QED) is 0.571. The van der Waals surface area contributed by atoms with Gasteiger partial charge < -0.3 is 9.64 Å². The van der Waals surface area contributed by atoms with E-state index in [4.69, 9.17) is 4.74 Å². The van der Waals surface area contributed by atoms with Crippen LogP contribution in [0.25, 0.3) is 6.08 Å². The van der Waals surface area contributed by atoms with E-state index in [1.165, 1.54) is 11.8 Å². The summed E-state index contributed by atoms with van der Waals surface area (Å²) in [7, 11) is 5.20. The molecule has 0 fully saturated rings. The molecule has 0 saturated carbocycles. The Morgan fingerprint density at radius 3 is 2.71 bits per heavy atom. The fourth-order valence-electron chi connectivity index (χ4n) is 1.42. The molecule has 0 spiro atoms. The summed E-state index contributed by atoms with van der Waals surface area (Å²) in [6.45, 7) is 1.79. The van der Waals surface area contributed by atoms with Crippen molar-refractivity contribution in [1.29, 1.82) is 0 Å². The lowest BCUT2D eigenvalue weighted by molar-refractivity contribution is -0.385. The van der Waals surface area contributed by atoms with Gasteiger partial charge in [-0.2, -0.15) is 5.10 Å². The van der Waals surface area contributed by atoms with Gasteiger partial charge in [0.1, 0.15) is 18.1 Å². The van der Waals surface area contributed by atoms with E-state index in [0.717, 1.165) is 0 Å². The Hall–Kier alpha value is -1.89. The summed E-state index contributed by atoms with van der Waals surface area (Å²) in [4.78, 5) is 12.3. The number of rotatable bonds is 5. The van der Waals surface area contributed by atoms with Gasteiger partial charge in [-0.15, -0.1) is 0 Å². The van der Waals surface area contributed by atoms with E-state index in [2.05, 4.69) is 5.10 Å². The Labute approximate surface area is 99.4 Å². The molecule has 0 aliphatic carbocycles. The molecule has 94 valence electrons. The second-order valence-corrected chi connectivity index (χ2v) is 3.77. The summed E-state index contributed by atoms with van der Waals surface area (Å²) in [6, 6.07) is 0. The minimum Gasteiger partial charge on any atom is -0.383 e. The van der Waals surface area contributed by atoms with E-state index < -0.39 is 4.92 Å². The van der Waals surface area contributed by atoms with Crippen molar-refractivity contribution in [3.8, 4) is 0 Å². The summed E-state index contributed by atoms with van der Waals surface area (Å²) >= 11 is 0. The van der Waals surface area contributed by atoms with Crippen LogP contribution in [-0.4, -0.2) is 40.8 Å². The van der Waals surface area contributed by atoms with Gasteiger partial charge in [-0.3, -0.25) is 10.1 Å². The van der Waals surface area contributed by atoms with E-state index >= 15 is 0 Å². The molecule has 7 nitrogen and oxygen atoms in total. The molecule has 7 heteroatoms. The van der Waals surface area contributed by atoms with Crippen molar-refractivity contribution >= 4 is 11.8 Å². The summed E-state index contributed by atoms with van der Waals surface area (Å²) in [5.41, 5.74) is 0.827. The lowest BCUT2D eigenvalue weighted by Gasteiger charge is -2.04. The van der Waals surface area contributed by atoms with Gasteiger partial charge in [-0.1, -0.05) is 0 Å². The first-order valence-corrected chi connectivity index (χ1v) is 5.02. The molecule has 0 atom stereocenters. The zero-order chi connectivity index (χ0) is 13.0. The third kappa shape index (κ3) is 3.04. The first kappa shape index (κ1) is 13.2. The molecule has 0 aromatic carbocycles. The van der Waals surface area contributed by atoms with Gasteiger partial charge in [0.05, 0.1) is 4.92 Å². The van der Waals surface area contributed by atoms with Gasteiger partial charge in [0.2, 0.25) is 0 Å². The number of nitro groups is 1. The molecule has 0 unspecified atom stereocenters. The zero-order valence-electron chi connectivity index (χ0n) is 10.4. The van der Waals surface area contributed by atoms with Crippen LogP contribution in [0.3, 0.4) is 0 Å². The van der Waals surface area contributed by atoms with Gasteiger partial charge >= 0.3 is 5.69 Å². The van der Waals surface area contributed by atoms with Crippen LogP contribution >= 0.6 is 0 Å². The van der Waals surface area contributed by atoms with Crippen LogP contribution in [0, 0.1) is 17.0 Å². The lowest BCUT2D eigenvalue weighted by atomic mass is 10.3. The molecular formula is C10H16N4O3. The Kier molecular flexibility index (Phi) is 4.22. The van der Waals surface area contributed by atoms with Crippen LogP contribution in [0.5, 0.6) is 0 Å². The molecule has 0 radical (unpaired) electrons. The predicted octanol–water partition coefficient (Wildman–Crippen LogP) is 1.24. The summed E-state index contributed by atoms with van der Waals surface area (Å²) in [6.07, 6.45) is 3.38. The van der Waals surface area contributed by atoms with Crippen LogP contribution in [0.15, 0.2) is 6.20 Å². The van der Waals surface area contributed by atoms with Crippen LogP contribution in [-0.2, 0) is 11.5 Å². The number of methoxy groups -OCH3 is 1. The van der Waals surface area contributed by atoms with Crippen LogP contribution < -0.4 is 0 Å². The third-order valence-corrected chi connectivity index (χ3v) is 2.10. The van der Waals surface area contributed by atoms with E-state index in [0.29, 0.717) is 11.4 Å². The SMILES string of the molecule is COCn1nc(C)c([N+](=O)[O-])c1/C=C/N(C)C. The van der Waals surface area contributed by atoms with E-state index in [-0.39, 0.29) is 12.4 Å². The second-order valence-electron chi connectivity index (χ2n) is 3.77. The Morgan fingerprint density at radius 1 is 1.59 bits per heavy atom. The van der Waals surface area contributed by atoms with Crippen molar-refractivity contribution in [1.82, 2.24) is 14.7 Å². The lowest BCUT2D eigenvalue weighted by Crippen LogP contribution is -2.06. The van der Waals surface area contributed by atoms with Crippen molar-refractivity contribution in [2.75, 3.05) is 21.2 Å². The van der Waals surface area contributed by atoms with Crippen LogP contribution in [0.2, 0.25) is 0 Å². The standard InChI is InChI=1S/C10H16N4O3/c1-8-10(14(15)16)9(5-6-12(2)3)13(11-8)7-17-4/h5-6H,7H2,1-4H3/b6-5+. The molecule has 1 heterocycles. The predicted molar refractivity (Wildman–Crippen MR) is 63.3 cm³/mol. The highest BCUT2D eigenvalue weighted by Crippen LogP contribution is 2.24. The number of nitrogens with zero attached hydrogens (tertiary/aromatic N) is 4. The Morgan fingerprint density at radius 2 is 2.24 bits per heavy atom. The molecule has 0 aliphatic rings. The van der Waals surface area contributed by atoms with Crippen molar-refractivity contribution in [3.63, 3.8) is 0 Å². The number of hydrogen-bond donors (Lipinski definition) is 0. The largest absolute Gasteiger partial charge is 0.383 e. The number of aryl methyl sites for hydroxylation is 1. The Bertz CT molecular complexity index is 437. The number of aromatic nitrogens is 2. The van der Waals surface area contributed by atoms with E-state index in [1.54, 1.807) is 24.1 Å². The highest BCUT2D eigenvalue weighted by Gasteiger charge is 2.23. The van der Waals surface area contributed by atoms with E-state index in [1.807, 2.05) is 14.1 Å². The number of hydrogen-bond acceptors (Lipinski definition) is 5. The molecule has 17 heavy (non-hydrogen) atoms. The smallest absolute Gasteiger partial charge is 0.317 e. The average Bonchev–Trinajstić information content (AvgIpc) is 2.52. The maximum absolute atomic E-state index is 11.0. The van der Waals surface area contributed by atoms with Crippen LogP contribution in [0.4, 0.5) is 5.69 Å². The summed E-state index contributed by atoms with van der Waals surface area (Å²) < 4.78 is 6.42. The zero-order valence-corrected chi connectivity index (χ0v) is 10.4. The first-order chi connectivity index (χ1) is 7.97. The third-order valence-electron chi connectivity index (χ3n) is 2.10. The Balaban J connectivity index is 3.24. The second kappa shape index (κ2) is 5.44. The molecule has 1 aromatic rings. The van der Waals surface area contributed by atoms with Crippen molar-refractivity contribution in [2.45, 2.75) is 13.7 Å². The molecule has 1 aromatic heterocycles. The maximum Gasteiger partial charge on any atom is 0.317 e. The van der Waals surface area contributed by atoms with E-state index in [9.17, 15) is 10.1 Å². The van der Waals surface area contributed by atoms with Gasteiger partial charge in [-0.05, 0) is 13.0 Å². The van der Waals surface area contributed by atoms with Crippen molar-refractivity contribution in [3.05, 3.63) is 27.7 Å². The maximum atomic E-state index is 11.0. The minimum atomic E-state index is -0.427. The van der Waals surface area contributed by atoms with Crippen LogP contribution in [0.1, 0.15) is 11.4 Å². The first-order valence-electron chi connectivity index (χ1n) is 5.02. The fourth-order valence-corrected chi connectivity index (χ4v) is 1.42. The van der Waals surface area contributed by atoms with Gasteiger partial charge in [-0.25, -0.2) is 4.68 Å². The highest BCUT2D eigenvalue weighted by atomic mass is 16.6. The molecule has 0 amide bonds. The molecule has 0 bridgehead atoms. The minimum absolute atomic E-state index is 0.0140. The fraction of sp³-hybridized carbons (Fsp3) is 0.500. The molecule has 0 aliphatic heterocycles. The van der Waals surface area contributed by atoms with Gasteiger partial charge in [0.25, 0.3) is 0 Å². The van der Waals surface area contributed by atoms with Gasteiger partial charge in [0.15, 0.2) is 0 Å². The van der Waals surface area contributed by atoms with Crippen molar-refractivity contribution in [2.24, 2.45) is 0 Å². The molecular weight excluding hydrogens is 224 g/mol. The van der Waals surface area contributed by atoms with Gasteiger partial charge in [0, 0.05) is 27.4 Å². The summed E-state index contributed by atoms with van der Waals surface area (Å²) in [5.74, 6) is 0. The average molecular weight is 240 g/mol. The molecule has 1 rings (SSSR count). The monoisotopic (exact) mass is 240 g/mol. The topological polar surface area (TPSA) is 73.4 Å². The normalized spacial score (nSPS) is 11.1. The summed E-state index contributed by atoms with van der Waals surface area (Å²) in [5, 5.41) is 15.0. The molecule has 0 saturated heterocycles.